The zero-order chi connectivity index (χ0) is 30.3. The van der Waals surface area contributed by atoms with Crippen LogP contribution >= 0.6 is 11.3 Å². The molecule has 0 saturated carbocycles. The molecule has 3 atom stereocenters. The summed E-state index contributed by atoms with van der Waals surface area (Å²) in [6.45, 7) is 2.17. The van der Waals surface area contributed by atoms with Crippen molar-refractivity contribution in [2.75, 3.05) is 19.7 Å². The molecule has 5 aromatic rings. The predicted molar refractivity (Wildman–Crippen MR) is 173 cm³/mol. The van der Waals surface area contributed by atoms with Crippen molar-refractivity contribution in [3.8, 4) is 11.8 Å². The van der Waals surface area contributed by atoms with Gasteiger partial charge in [0.05, 0.1) is 40.6 Å². The lowest BCUT2D eigenvalue weighted by Crippen LogP contribution is -2.38. The fourth-order valence-corrected chi connectivity index (χ4v) is 7.65. The minimum atomic E-state index is -0.313. The van der Waals surface area contributed by atoms with Crippen molar-refractivity contribution in [2.24, 2.45) is 0 Å². The van der Waals surface area contributed by atoms with Crippen molar-refractivity contribution in [3.05, 3.63) is 81.6 Å². The van der Waals surface area contributed by atoms with E-state index < -0.39 is 0 Å². The standard InChI is InChI=1S/C35H34N6O3S/c42-32(21-24-5-4-18-45-24)40-15-1-6-29(40)33-36-25-13-11-22(19-27(25)38-33)9-10-23-12-14-26-28(20-23)39-34(37-26)30-7-2-16-41(30)35(43)31-8-3-17-44-31/h4-5,11-14,18-20,29-31H,1-3,6-8,15-17,21H2,(H,36,38)(H,37,39)/t29-,30-,31+/m0/s1. The number of likely N-dealkylation sites (tertiary alicyclic amines) is 2. The van der Waals surface area contributed by atoms with Gasteiger partial charge in [0.2, 0.25) is 5.91 Å². The van der Waals surface area contributed by atoms with E-state index in [2.05, 4.69) is 21.8 Å². The number of fused-ring (bicyclic) bond motifs is 2. The van der Waals surface area contributed by atoms with Gasteiger partial charge in [-0.25, -0.2) is 9.97 Å². The zero-order valence-electron chi connectivity index (χ0n) is 24.9. The largest absolute Gasteiger partial charge is 0.368 e. The molecular weight excluding hydrogens is 584 g/mol. The molecule has 3 aliphatic heterocycles. The third-order valence-electron chi connectivity index (χ3n) is 9.20. The minimum absolute atomic E-state index is 0.0316. The molecule has 3 saturated heterocycles. The van der Waals surface area contributed by atoms with Crippen molar-refractivity contribution < 1.29 is 14.3 Å². The number of thiophene rings is 1. The van der Waals surface area contributed by atoms with Crippen LogP contribution in [-0.2, 0) is 20.7 Å². The maximum absolute atomic E-state index is 13.1. The number of H-pyrrole nitrogens is 2. The van der Waals surface area contributed by atoms with Crippen molar-refractivity contribution in [1.82, 2.24) is 29.7 Å². The van der Waals surface area contributed by atoms with Crippen LogP contribution in [0.2, 0.25) is 0 Å². The van der Waals surface area contributed by atoms with Gasteiger partial charge in [-0.05, 0) is 86.4 Å². The molecular formula is C35H34N6O3S. The second-order valence-corrected chi connectivity index (χ2v) is 13.2. The average molecular weight is 619 g/mol. The Hall–Kier alpha value is -4.46. The Labute approximate surface area is 265 Å². The molecule has 2 amide bonds. The first-order valence-corrected chi connectivity index (χ1v) is 16.7. The van der Waals surface area contributed by atoms with Gasteiger partial charge < -0.3 is 24.5 Å². The number of benzene rings is 2. The number of carbonyl (C=O) groups excluding carboxylic acids is 2. The van der Waals surface area contributed by atoms with Crippen LogP contribution in [0.25, 0.3) is 22.1 Å². The Morgan fingerprint density at radius 1 is 0.844 bits per heavy atom. The van der Waals surface area contributed by atoms with Gasteiger partial charge in [-0.2, -0.15) is 0 Å². The van der Waals surface area contributed by atoms with Crippen molar-refractivity contribution >= 4 is 45.2 Å². The highest BCUT2D eigenvalue weighted by molar-refractivity contribution is 7.10. The van der Waals surface area contributed by atoms with Crippen molar-refractivity contribution in [1.29, 1.82) is 0 Å². The molecule has 8 rings (SSSR count). The van der Waals surface area contributed by atoms with E-state index in [-0.39, 0.29) is 30.0 Å². The molecule has 0 spiro atoms. The second kappa shape index (κ2) is 11.8. The van der Waals surface area contributed by atoms with Gasteiger partial charge in [0, 0.05) is 35.7 Å². The van der Waals surface area contributed by atoms with E-state index in [9.17, 15) is 9.59 Å². The molecule has 6 heterocycles. The first kappa shape index (κ1) is 28.0. The van der Waals surface area contributed by atoms with Crippen LogP contribution in [0.3, 0.4) is 0 Å². The highest BCUT2D eigenvalue weighted by Crippen LogP contribution is 2.34. The summed E-state index contributed by atoms with van der Waals surface area (Å²) >= 11 is 1.62. The molecule has 3 aliphatic rings. The number of nitrogens with zero attached hydrogens (tertiary/aromatic N) is 4. The highest BCUT2D eigenvalue weighted by atomic mass is 32.1. The van der Waals surface area contributed by atoms with Gasteiger partial charge >= 0.3 is 0 Å². The molecule has 9 nitrogen and oxygen atoms in total. The summed E-state index contributed by atoms with van der Waals surface area (Å²) in [7, 11) is 0. The monoisotopic (exact) mass is 618 g/mol. The number of hydrogen-bond donors (Lipinski definition) is 2. The molecule has 0 bridgehead atoms. The Morgan fingerprint density at radius 3 is 2.36 bits per heavy atom. The highest BCUT2D eigenvalue weighted by Gasteiger charge is 2.37. The number of amides is 2. The number of hydrogen-bond acceptors (Lipinski definition) is 6. The van der Waals surface area contributed by atoms with Gasteiger partial charge in [-0.1, -0.05) is 17.9 Å². The molecule has 228 valence electrons. The van der Waals surface area contributed by atoms with Crippen LogP contribution in [0.15, 0.2) is 53.9 Å². The normalized spacial score (nSPS) is 21.6. The maximum Gasteiger partial charge on any atom is 0.252 e. The van der Waals surface area contributed by atoms with Crippen molar-refractivity contribution in [2.45, 2.75) is 63.1 Å². The van der Waals surface area contributed by atoms with E-state index in [1.807, 2.05) is 63.7 Å². The summed E-state index contributed by atoms with van der Waals surface area (Å²) in [5, 5.41) is 2.01. The number of ether oxygens (including phenoxy) is 1. The van der Waals surface area contributed by atoms with Gasteiger partial charge in [0.15, 0.2) is 0 Å². The number of rotatable bonds is 5. The van der Waals surface area contributed by atoms with E-state index in [1.165, 1.54) is 0 Å². The zero-order valence-corrected chi connectivity index (χ0v) is 25.7. The van der Waals surface area contributed by atoms with Crippen LogP contribution in [0.1, 0.15) is 78.3 Å². The van der Waals surface area contributed by atoms with Gasteiger partial charge in [0.1, 0.15) is 17.8 Å². The maximum atomic E-state index is 13.1. The summed E-state index contributed by atoms with van der Waals surface area (Å²) in [4.78, 5) is 47.8. The molecule has 2 N–H and O–H groups in total. The number of carbonyl (C=O) groups is 2. The van der Waals surface area contributed by atoms with E-state index in [0.717, 1.165) is 101 Å². The smallest absolute Gasteiger partial charge is 0.252 e. The first-order chi connectivity index (χ1) is 22.1. The molecule has 0 aliphatic carbocycles. The fraction of sp³-hybridized carbons (Fsp3) is 0.371. The fourth-order valence-electron chi connectivity index (χ4n) is 6.96. The summed E-state index contributed by atoms with van der Waals surface area (Å²) in [6.07, 6.45) is 5.61. The number of imidazole rings is 2. The summed E-state index contributed by atoms with van der Waals surface area (Å²) in [6, 6.07) is 15.9. The molecule has 0 unspecified atom stereocenters. The predicted octanol–water partition coefficient (Wildman–Crippen LogP) is 5.65. The van der Waals surface area contributed by atoms with E-state index in [4.69, 9.17) is 14.7 Å². The molecule has 0 radical (unpaired) electrons. The SMILES string of the molecule is O=C(Cc1cccs1)N1CCC[C@H]1c1nc2cc(C#Cc3ccc4nc([C@@H]5CCCN5C(=O)[C@H]5CCCO5)[nH]c4c3)ccc2[nH]1. The van der Waals surface area contributed by atoms with Crippen LogP contribution in [0.5, 0.6) is 0 Å². The Bertz CT molecular complexity index is 1940. The topological polar surface area (TPSA) is 107 Å². The summed E-state index contributed by atoms with van der Waals surface area (Å²) in [5.41, 5.74) is 5.32. The van der Waals surface area contributed by atoms with E-state index in [1.54, 1.807) is 11.3 Å². The third-order valence-corrected chi connectivity index (χ3v) is 10.1. The number of aromatic amines is 2. The van der Waals surface area contributed by atoms with Crippen LogP contribution in [0.4, 0.5) is 0 Å². The lowest BCUT2D eigenvalue weighted by atomic mass is 10.1. The minimum Gasteiger partial charge on any atom is -0.368 e. The average Bonchev–Trinajstić information content (AvgIpc) is 3.89. The first-order valence-electron chi connectivity index (χ1n) is 15.8. The van der Waals surface area contributed by atoms with Gasteiger partial charge in [-0.3, -0.25) is 9.59 Å². The Kier molecular flexibility index (Phi) is 7.36. The van der Waals surface area contributed by atoms with Crippen LogP contribution in [-0.4, -0.2) is 67.4 Å². The summed E-state index contributed by atoms with van der Waals surface area (Å²) < 4.78 is 5.67. The van der Waals surface area contributed by atoms with Crippen molar-refractivity contribution in [3.63, 3.8) is 0 Å². The van der Waals surface area contributed by atoms with Crippen LogP contribution in [0, 0.1) is 11.8 Å². The third kappa shape index (κ3) is 5.51. The molecule has 45 heavy (non-hydrogen) atoms. The quantitative estimate of drug-likeness (QED) is 0.248. The number of aromatic nitrogens is 4. The second-order valence-electron chi connectivity index (χ2n) is 12.2. The Morgan fingerprint density at radius 2 is 1.58 bits per heavy atom. The summed E-state index contributed by atoms with van der Waals surface area (Å²) in [5.74, 6) is 8.50. The lowest BCUT2D eigenvalue weighted by Gasteiger charge is -2.25. The number of nitrogens with one attached hydrogen (secondary N) is 2. The molecule has 3 aromatic heterocycles. The van der Waals surface area contributed by atoms with E-state index >= 15 is 0 Å². The van der Waals surface area contributed by atoms with Crippen LogP contribution < -0.4 is 0 Å². The molecule has 10 heteroatoms. The van der Waals surface area contributed by atoms with Gasteiger partial charge in [-0.15, -0.1) is 11.3 Å². The molecule has 2 aromatic carbocycles. The lowest BCUT2D eigenvalue weighted by molar-refractivity contribution is -0.142. The van der Waals surface area contributed by atoms with E-state index in [0.29, 0.717) is 13.0 Å². The Balaban J connectivity index is 0.986. The molecule has 3 fully saturated rings. The van der Waals surface area contributed by atoms with Gasteiger partial charge in [0.25, 0.3) is 5.91 Å².